The first-order valence-electron chi connectivity index (χ1n) is 7.44. The Morgan fingerprint density at radius 3 is 2.95 bits per heavy atom. The molecule has 112 valence electrons. The predicted octanol–water partition coefficient (Wildman–Crippen LogP) is 2.15. The zero-order valence-corrected chi connectivity index (χ0v) is 12.7. The van der Waals surface area contributed by atoms with E-state index in [1.54, 1.807) is 0 Å². The second-order valence-corrected chi connectivity index (χ2v) is 5.37. The highest BCUT2D eigenvalue weighted by atomic mass is 16.5. The van der Waals surface area contributed by atoms with Gasteiger partial charge < -0.3 is 15.4 Å². The fourth-order valence-electron chi connectivity index (χ4n) is 3.01. The number of rotatable bonds is 3. The highest BCUT2D eigenvalue weighted by Gasteiger charge is 2.24. The number of hydrogen-bond acceptors (Lipinski definition) is 4. The van der Waals surface area contributed by atoms with Gasteiger partial charge in [-0.05, 0) is 38.4 Å². The number of nitrogens with two attached hydrogens (primary N) is 1. The summed E-state index contributed by atoms with van der Waals surface area (Å²) in [4.78, 5) is 2.31. The van der Waals surface area contributed by atoms with Crippen molar-refractivity contribution in [3.63, 3.8) is 0 Å². The maximum atomic E-state index is 5.85. The van der Waals surface area contributed by atoms with E-state index in [2.05, 4.69) is 23.0 Å². The lowest BCUT2D eigenvalue weighted by Crippen LogP contribution is -2.22. The Morgan fingerprint density at radius 1 is 1.33 bits per heavy atom. The molecule has 2 heterocycles. The van der Waals surface area contributed by atoms with Crippen LogP contribution in [0.2, 0.25) is 0 Å². The Bertz CT molecular complexity index is 635. The summed E-state index contributed by atoms with van der Waals surface area (Å²) in [6.45, 7) is 4.35. The molecule has 0 amide bonds. The monoisotopic (exact) mass is 286 g/mol. The van der Waals surface area contributed by atoms with E-state index in [0.29, 0.717) is 6.54 Å². The molecule has 0 radical (unpaired) electrons. The molecule has 2 aromatic rings. The fraction of sp³-hybridized carbons (Fsp3) is 0.438. The normalized spacial score (nSPS) is 14.5. The molecule has 1 aromatic heterocycles. The molecular formula is C16H22N4O. The van der Waals surface area contributed by atoms with Crippen LogP contribution in [0, 0.1) is 6.92 Å². The van der Waals surface area contributed by atoms with Gasteiger partial charge in [0.1, 0.15) is 11.6 Å². The van der Waals surface area contributed by atoms with Crippen LogP contribution in [-0.2, 0) is 13.5 Å². The van der Waals surface area contributed by atoms with Gasteiger partial charge in [0, 0.05) is 19.2 Å². The summed E-state index contributed by atoms with van der Waals surface area (Å²) in [7, 11) is 2.00. The minimum absolute atomic E-state index is 0.630. The highest BCUT2D eigenvalue weighted by molar-refractivity contribution is 5.70. The summed E-state index contributed by atoms with van der Waals surface area (Å²) in [5, 5.41) is 4.59. The maximum absolute atomic E-state index is 5.85. The van der Waals surface area contributed by atoms with Crippen molar-refractivity contribution >= 4 is 11.5 Å². The Hall–Kier alpha value is -2.01. The summed E-state index contributed by atoms with van der Waals surface area (Å²) in [6, 6.07) is 8.19. The van der Waals surface area contributed by atoms with Gasteiger partial charge in [-0.2, -0.15) is 5.10 Å². The van der Waals surface area contributed by atoms with Gasteiger partial charge in [-0.25, -0.2) is 0 Å². The zero-order valence-electron chi connectivity index (χ0n) is 12.7. The summed E-state index contributed by atoms with van der Waals surface area (Å²) in [6.07, 6.45) is 1.83. The van der Waals surface area contributed by atoms with E-state index in [0.717, 1.165) is 48.9 Å². The van der Waals surface area contributed by atoms with Gasteiger partial charge in [0.2, 0.25) is 0 Å². The average molecular weight is 286 g/mol. The molecule has 0 unspecified atom stereocenters. The first kappa shape index (κ1) is 13.9. The van der Waals surface area contributed by atoms with E-state index < -0.39 is 0 Å². The molecular weight excluding hydrogens is 264 g/mol. The number of nitrogens with zero attached hydrogens (tertiary/aromatic N) is 3. The topological polar surface area (TPSA) is 56.3 Å². The van der Waals surface area contributed by atoms with Gasteiger partial charge in [0.25, 0.3) is 0 Å². The lowest BCUT2D eigenvalue weighted by atomic mass is 10.1. The molecule has 0 spiro atoms. The summed E-state index contributed by atoms with van der Waals surface area (Å²) in [5.41, 5.74) is 9.18. The van der Waals surface area contributed by atoms with Crippen LogP contribution in [0.4, 0.5) is 11.5 Å². The van der Waals surface area contributed by atoms with E-state index in [9.17, 15) is 0 Å². The predicted molar refractivity (Wildman–Crippen MR) is 84.3 cm³/mol. The first-order valence-corrected chi connectivity index (χ1v) is 7.44. The van der Waals surface area contributed by atoms with Crippen molar-refractivity contribution in [1.29, 1.82) is 0 Å². The number of fused-ring (bicyclic) bond motifs is 1. The van der Waals surface area contributed by atoms with Gasteiger partial charge in [-0.1, -0.05) is 12.1 Å². The molecule has 0 saturated heterocycles. The average Bonchev–Trinajstić information content (AvgIpc) is 2.66. The van der Waals surface area contributed by atoms with Gasteiger partial charge >= 0.3 is 0 Å². The smallest absolute Gasteiger partial charge is 0.142 e. The number of hydrogen-bond donors (Lipinski definition) is 1. The van der Waals surface area contributed by atoms with Crippen molar-refractivity contribution in [3.8, 4) is 5.75 Å². The van der Waals surface area contributed by atoms with Gasteiger partial charge in [-0.15, -0.1) is 0 Å². The Morgan fingerprint density at radius 2 is 2.14 bits per heavy atom. The summed E-state index contributed by atoms with van der Waals surface area (Å²) >= 11 is 0. The number of para-hydroxylation sites is 2. The molecule has 3 rings (SSSR count). The van der Waals surface area contributed by atoms with Gasteiger partial charge in [0.15, 0.2) is 0 Å². The standard InChI is InChI=1S/C16H22N4O/c1-12-13(8-9-17)16(19(2)18-12)20-10-5-11-21-15-7-4-3-6-14(15)20/h3-4,6-7H,5,8-11,17H2,1-2H3. The van der Waals surface area contributed by atoms with Gasteiger partial charge in [0.05, 0.1) is 18.0 Å². The van der Waals surface area contributed by atoms with Crippen molar-refractivity contribution in [2.75, 3.05) is 24.6 Å². The van der Waals surface area contributed by atoms with Crippen LogP contribution in [0.3, 0.4) is 0 Å². The van der Waals surface area contributed by atoms with Crippen LogP contribution in [0.5, 0.6) is 5.75 Å². The second kappa shape index (κ2) is 5.77. The molecule has 0 fully saturated rings. The minimum atomic E-state index is 0.630. The van der Waals surface area contributed by atoms with Crippen molar-refractivity contribution in [2.45, 2.75) is 19.8 Å². The van der Waals surface area contributed by atoms with E-state index >= 15 is 0 Å². The van der Waals surface area contributed by atoms with Crippen molar-refractivity contribution in [1.82, 2.24) is 9.78 Å². The maximum Gasteiger partial charge on any atom is 0.142 e. The summed E-state index contributed by atoms with van der Waals surface area (Å²) < 4.78 is 7.81. The van der Waals surface area contributed by atoms with E-state index in [1.807, 2.05) is 29.9 Å². The minimum Gasteiger partial charge on any atom is -0.491 e. The third kappa shape index (κ3) is 2.49. The number of aryl methyl sites for hydroxylation is 2. The van der Waals surface area contributed by atoms with Crippen molar-refractivity contribution in [2.24, 2.45) is 12.8 Å². The van der Waals surface area contributed by atoms with Crippen LogP contribution >= 0.6 is 0 Å². The van der Waals surface area contributed by atoms with Crippen LogP contribution in [0.25, 0.3) is 0 Å². The van der Waals surface area contributed by atoms with E-state index in [4.69, 9.17) is 10.5 Å². The molecule has 1 aliphatic heterocycles. The molecule has 1 aliphatic rings. The molecule has 5 heteroatoms. The van der Waals surface area contributed by atoms with Crippen LogP contribution in [0.1, 0.15) is 17.7 Å². The number of aromatic nitrogens is 2. The first-order chi connectivity index (χ1) is 10.2. The second-order valence-electron chi connectivity index (χ2n) is 5.37. The van der Waals surface area contributed by atoms with E-state index in [1.165, 1.54) is 5.56 Å². The highest BCUT2D eigenvalue weighted by Crippen LogP contribution is 2.37. The number of anilines is 2. The molecule has 2 N–H and O–H groups in total. The summed E-state index contributed by atoms with van der Waals surface area (Å²) in [5.74, 6) is 2.07. The molecule has 21 heavy (non-hydrogen) atoms. The Labute approximate surface area is 125 Å². The van der Waals surface area contributed by atoms with Crippen molar-refractivity contribution in [3.05, 3.63) is 35.5 Å². The lowest BCUT2D eigenvalue weighted by molar-refractivity contribution is 0.322. The molecule has 0 bridgehead atoms. The molecule has 0 saturated carbocycles. The number of ether oxygens (including phenoxy) is 1. The quantitative estimate of drug-likeness (QED) is 0.939. The Balaban J connectivity index is 2.12. The van der Waals surface area contributed by atoms with Gasteiger partial charge in [-0.3, -0.25) is 4.68 Å². The molecule has 5 nitrogen and oxygen atoms in total. The van der Waals surface area contributed by atoms with Crippen LogP contribution < -0.4 is 15.4 Å². The SMILES string of the molecule is Cc1nn(C)c(N2CCCOc3ccccc32)c1CCN. The molecule has 0 aliphatic carbocycles. The molecule has 1 aromatic carbocycles. The zero-order chi connectivity index (χ0) is 14.8. The Kier molecular flexibility index (Phi) is 3.84. The molecule has 0 atom stereocenters. The largest absolute Gasteiger partial charge is 0.491 e. The third-order valence-corrected chi connectivity index (χ3v) is 3.90. The third-order valence-electron chi connectivity index (χ3n) is 3.90. The lowest BCUT2D eigenvalue weighted by Gasteiger charge is -2.25. The van der Waals surface area contributed by atoms with Crippen LogP contribution in [0.15, 0.2) is 24.3 Å². The van der Waals surface area contributed by atoms with E-state index in [-0.39, 0.29) is 0 Å². The van der Waals surface area contributed by atoms with Crippen molar-refractivity contribution < 1.29 is 4.74 Å². The fourth-order valence-corrected chi connectivity index (χ4v) is 3.01. The number of benzene rings is 1. The van der Waals surface area contributed by atoms with Crippen LogP contribution in [-0.4, -0.2) is 29.5 Å².